The molecular weight excluding hydrogens is 477 g/mol. The van der Waals surface area contributed by atoms with Crippen molar-refractivity contribution in [3.63, 3.8) is 0 Å². The Kier molecular flexibility index (Phi) is 12.6. The molecule has 0 saturated heterocycles. The number of hydrogen-bond acceptors (Lipinski definition) is 5. The molecule has 7 nitrogen and oxygen atoms in total. The van der Waals surface area contributed by atoms with Crippen LogP contribution in [0.25, 0.3) is 0 Å². The highest BCUT2D eigenvalue weighted by molar-refractivity contribution is 14.0. The fraction of sp³-hybridized carbons (Fsp3) is 0.722. The summed E-state index contributed by atoms with van der Waals surface area (Å²) in [6.45, 7) is 13.6. The minimum Gasteiger partial charge on any atom is -0.444 e. The third kappa shape index (κ3) is 12.1. The Bertz CT molecular complexity index is 587. The highest BCUT2D eigenvalue weighted by Crippen LogP contribution is 2.11. The number of guanidine groups is 1. The zero-order valence-electron chi connectivity index (χ0n) is 17.2. The number of rotatable bonds is 8. The van der Waals surface area contributed by atoms with Crippen molar-refractivity contribution in [1.29, 1.82) is 0 Å². The molecule has 1 aromatic rings. The normalized spacial score (nSPS) is 12.7. The Balaban J connectivity index is 0.00000676. The molecule has 3 N–H and O–H groups in total. The first kappa shape index (κ1) is 25.9. The van der Waals surface area contributed by atoms with Crippen LogP contribution in [-0.2, 0) is 11.3 Å². The molecule has 1 unspecified atom stereocenters. The molecule has 1 amide bonds. The number of hydrogen-bond donors (Lipinski definition) is 3. The van der Waals surface area contributed by atoms with Gasteiger partial charge in [0, 0.05) is 30.2 Å². The quantitative estimate of drug-likeness (QED) is 0.281. The van der Waals surface area contributed by atoms with Crippen molar-refractivity contribution in [3.05, 3.63) is 16.1 Å². The van der Waals surface area contributed by atoms with E-state index in [2.05, 4.69) is 32.9 Å². The summed E-state index contributed by atoms with van der Waals surface area (Å²) in [6.07, 6.45) is 3.29. The van der Waals surface area contributed by atoms with Crippen molar-refractivity contribution >= 4 is 47.4 Å². The number of alkyl carbamates (subject to hydrolysis) is 1. The summed E-state index contributed by atoms with van der Waals surface area (Å²) in [5, 5.41) is 10.4. The molecule has 1 heterocycles. The van der Waals surface area contributed by atoms with E-state index in [0.29, 0.717) is 19.0 Å². The van der Waals surface area contributed by atoms with Gasteiger partial charge in [0.25, 0.3) is 0 Å². The standard InChI is InChI=1S/C18H33N5O2S.HI/c1-7-9-14(23-17(24)25-18(4,5)6)11-21-16(19-8-2)22-12-15-20-10-13(3)26-15;/h10,14H,7-9,11-12H2,1-6H3,(H,23,24)(H2,19,21,22);1H. The molecule has 1 aromatic heterocycles. The molecule has 0 saturated carbocycles. The summed E-state index contributed by atoms with van der Waals surface area (Å²) >= 11 is 1.65. The van der Waals surface area contributed by atoms with Crippen molar-refractivity contribution in [2.75, 3.05) is 13.1 Å². The first-order valence-corrected chi connectivity index (χ1v) is 9.98. The van der Waals surface area contributed by atoms with Crippen LogP contribution in [0.1, 0.15) is 57.3 Å². The molecule has 0 bridgehead atoms. The van der Waals surface area contributed by atoms with Crippen LogP contribution in [0.5, 0.6) is 0 Å². The van der Waals surface area contributed by atoms with Crippen LogP contribution < -0.4 is 16.0 Å². The predicted octanol–water partition coefficient (Wildman–Crippen LogP) is 3.82. The summed E-state index contributed by atoms with van der Waals surface area (Å²) in [5.41, 5.74) is -0.503. The number of aliphatic imine (C=N–C) groups is 1. The lowest BCUT2D eigenvalue weighted by molar-refractivity contribution is 0.0502. The van der Waals surface area contributed by atoms with Crippen molar-refractivity contribution in [2.45, 2.75) is 72.6 Å². The predicted molar refractivity (Wildman–Crippen MR) is 123 cm³/mol. The molecule has 1 atom stereocenters. The van der Waals surface area contributed by atoms with E-state index in [1.54, 1.807) is 11.3 Å². The molecule has 0 aliphatic rings. The summed E-state index contributed by atoms with van der Waals surface area (Å²) in [6, 6.07) is -0.0270. The lowest BCUT2D eigenvalue weighted by Gasteiger charge is -2.24. The zero-order valence-corrected chi connectivity index (χ0v) is 20.4. The van der Waals surface area contributed by atoms with Gasteiger partial charge in [-0.2, -0.15) is 0 Å². The number of nitrogens with one attached hydrogen (secondary N) is 3. The van der Waals surface area contributed by atoms with E-state index in [0.717, 1.165) is 24.4 Å². The second kappa shape index (κ2) is 13.1. The zero-order chi connectivity index (χ0) is 19.6. The second-order valence-corrected chi connectivity index (χ2v) is 8.39. The number of ether oxygens (including phenoxy) is 1. The van der Waals surface area contributed by atoms with Gasteiger partial charge in [0.2, 0.25) is 0 Å². The SMILES string of the molecule is CCCC(CNC(=NCc1ncc(C)s1)NCC)NC(=O)OC(C)(C)C.I. The lowest BCUT2D eigenvalue weighted by Crippen LogP contribution is -2.48. The molecule has 1 rings (SSSR count). The van der Waals surface area contributed by atoms with E-state index in [1.807, 2.05) is 40.8 Å². The first-order valence-electron chi connectivity index (χ1n) is 9.16. The third-order valence-electron chi connectivity index (χ3n) is 3.26. The smallest absolute Gasteiger partial charge is 0.407 e. The molecule has 9 heteroatoms. The number of aryl methyl sites for hydroxylation is 1. The average Bonchev–Trinajstić information content (AvgIpc) is 2.93. The molecule has 0 fully saturated rings. The van der Waals surface area contributed by atoms with Gasteiger partial charge >= 0.3 is 6.09 Å². The Labute approximate surface area is 184 Å². The van der Waals surface area contributed by atoms with Crippen LogP contribution in [0.15, 0.2) is 11.2 Å². The van der Waals surface area contributed by atoms with Gasteiger partial charge in [-0.25, -0.2) is 14.8 Å². The highest BCUT2D eigenvalue weighted by atomic mass is 127. The van der Waals surface area contributed by atoms with Crippen LogP contribution >= 0.6 is 35.3 Å². The molecule has 0 radical (unpaired) electrons. The lowest BCUT2D eigenvalue weighted by atomic mass is 10.1. The van der Waals surface area contributed by atoms with Gasteiger partial charge in [-0.15, -0.1) is 35.3 Å². The van der Waals surface area contributed by atoms with Gasteiger partial charge in [-0.1, -0.05) is 13.3 Å². The second-order valence-electron chi connectivity index (χ2n) is 7.07. The maximum Gasteiger partial charge on any atom is 0.407 e. The highest BCUT2D eigenvalue weighted by Gasteiger charge is 2.19. The Hall–Kier alpha value is -1.10. The van der Waals surface area contributed by atoms with E-state index in [-0.39, 0.29) is 30.0 Å². The van der Waals surface area contributed by atoms with E-state index >= 15 is 0 Å². The van der Waals surface area contributed by atoms with Crippen LogP contribution in [-0.4, -0.2) is 41.8 Å². The summed E-state index contributed by atoms with van der Waals surface area (Å²) in [5.74, 6) is 0.715. The monoisotopic (exact) mass is 511 g/mol. The van der Waals surface area contributed by atoms with Gasteiger partial charge in [0.15, 0.2) is 5.96 Å². The fourth-order valence-electron chi connectivity index (χ4n) is 2.23. The fourth-order valence-corrected chi connectivity index (χ4v) is 2.94. The Morgan fingerprint density at radius 1 is 1.33 bits per heavy atom. The molecule has 0 aliphatic heterocycles. The van der Waals surface area contributed by atoms with Gasteiger partial charge in [0.1, 0.15) is 10.6 Å². The van der Waals surface area contributed by atoms with Gasteiger partial charge < -0.3 is 20.7 Å². The van der Waals surface area contributed by atoms with Crippen molar-refractivity contribution in [2.24, 2.45) is 4.99 Å². The number of aromatic nitrogens is 1. The first-order chi connectivity index (χ1) is 12.2. The number of thiazole rings is 1. The Morgan fingerprint density at radius 3 is 2.56 bits per heavy atom. The molecule has 0 spiro atoms. The van der Waals surface area contributed by atoms with E-state index in [9.17, 15) is 4.79 Å². The van der Waals surface area contributed by atoms with Gasteiger partial charge in [-0.3, -0.25) is 0 Å². The number of nitrogens with zero attached hydrogens (tertiary/aromatic N) is 2. The molecule has 0 aromatic carbocycles. The Morgan fingerprint density at radius 2 is 2.04 bits per heavy atom. The van der Waals surface area contributed by atoms with Crippen LogP contribution in [0.2, 0.25) is 0 Å². The minimum absolute atomic E-state index is 0. The van der Waals surface area contributed by atoms with E-state index in [4.69, 9.17) is 4.74 Å². The molecule has 27 heavy (non-hydrogen) atoms. The third-order valence-corrected chi connectivity index (χ3v) is 4.16. The van der Waals surface area contributed by atoms with Crippen molar-refractivity contribution < 1.29 is 9.53 Å². The number of carbonyl (C=O) groups excluding carboxylic acids is 1. The summed E-state index contributed by atoms with van der Waals surface area (Å²) in [4.78, 5) is 22.1. The number of carbonyl (C=O) groups is 1. The largest absolute Gasteiger partial charge is 0.444 e. The average molecular weight is 511 g/mol. The van der Waals surface area contributed by atoms with E-state index < -0.39 is 11.7 Å². The van der Waals surface area contributed by atoms with Crippen LogP contribution in [0.4, 0.5) is 4.79 Å². The van der Waals surface area contributed by atoms with Gasteiger partial charge in [0.05, 0.1) is 6.54 Å². The number of halogens is 1. The molecular formula is C18H34IN5O2S. The summed E-state index contributed by atoms with van der Waals surface area (Å²) < 4.78 is 5.35. The number of amides is 1. The summed E-state index contributed by atoms with van der Waals surface area (Å²) in [7, 11) is 0. The van der Waals surface area contributed by atoms with Crippen LogP contribution in [0.3, 0.4) is 0 Å². The maximum absolute atomic E-state index is 12.0. The minimum atomic E-state index is -0.503. The molecule has 156 valence electrons. The van der Waals surface area contributed by atoms with Crippen molar-refractivity contribution in [1.82, 2.24) is 20.9 Å². The van der Waals surface area contributed by atoms with Crippen LogP contribution in [0, 0.1) is 6.92 Å². The van der Waals surface area contributed by atoms with E-state index in [1.165, 1.54) is 4.88 Å². The van der Waals surface area contributed by atoms with Gasteiger partial charge in [-0.05, 0) is 41.0 Å². The topological polar surface area (TPSA) is 87.6 Å². The van der Waals surface area contributed by atoms with Crippen molar-refractivity contribution in [3.8, 4) is 0 Å². The maximum atomic E-state index is 12.0. The molecule has 0 aliphatic carbocycles.